The van der Waals surface area contributed by atoms with Gasteiger partial charge in [-0.1, -0.05) is 11.6 Å². The number of methoxy groups -OCH3 is 2. The van der Waals surface area contributed by atoms with Gasteiger partial charge in [0.15, 0.2) is 11.5 Å². The minimum absolute atomic E-state index is 0.171. The summed E-state index contributed by atoms with van der Waals surface area (Å²) in [5.41, 5.74) is 7.25. The van der Waals surface area contributed by atoms with Crippen LogP contribution in [0.15, 0.2) is 6.07 Å². The summed E-state index contributed by atoms with van der Waals surface area (Å²) in [6.45, 7) is 1.66. The fraction of sp³-hybridized carbons (Fsp3) is 0.455. The average molecular weight is 246 g/mol. The van der Waals surface area contributed by atoms with Gasteiger partial charge in [0.25, 0.3) is 0 Å². The third-order valence-electron chi connectivity index (χ3n) is 2.48. The van der Waals surface area contributed by atoms with Gasteiger partial charge in [-0.05, 0) is 12.5 Å². The molecule has 0 amide bonds. The van der Waals surface area contributed by atoms with Crippen LogP contribution >= 0.6 is 11.6 Å². The van der Waals surface area contributed by atoms with Gasteiger partial charge in [-0.3, -0.25) is 0 Å². The van der Waals surface area contributed by atoms with E-state index >= 15 is 0 Å². The molecule has 16 heavy (non-hydrogen) atoms. The maximum Gasteiger partial charge on any atom is 0.164 e. The lowest BCUT2D eigenvalue weighted by molar-refractivity contribution is 0.267. The molecule has 0 aromatic heterocycles. The molecule has 0 aliphatic heterocycles. The van der Waals surface area contributed by atoms with Crippen molar-refractivity contribution in [2.24, 2.45) is 5.73 Å². The van der Waals surface area contributed by atoms with Crippen molar-refractivity contribution in [1.82, 2.24) is 0 Å². The van der Waals surface area contributed by atoms with Crippen LogP contribution in [0.4, 0.5) is 0 Å². The van der Waals surface area contributed by atoms with Crippen molar-refractivity contribution in [2.45, 2.75) is 13.0 Å². The first-order valence-corrected chi connectivity index (χ1v) is 5.22. The zero-order valence-corrected chi connectivity index (χ0v) is 10.3. The van der Waals surface area contributed by atoms with Crippen molar-refractivity contribution in [3.05, 3.63) is 22.2 Å². The van der Waals surface area contributed by atoms with Gasteiger partial charge in [-0.15, -0.1) is 0 Å². The van der Waals surface area contributed by atoms with Gasteiger partial charge in [0, 0.05) is 16.7 Å². The van der Waals surface area contributed by atoms with E-state index in [9.17, 15) is 0 Å². The third kappa shape index (κ3) is 2.24. The molecular formula is C11H16ClNO3. The van der Waals surface area contributed by atoms with Crippen LogP contribution < -0.4 is 15.2 Å². The average Bonchev–Trinajstić information content (AvgIpc) is 2.27. The Hall–Kier alpha value is -0.970. The zero-order chi connectivity index (χ0) is 12.3. The van der Waals surface area contributed by atoms with Crippen LogP contribution in [0.2, 0.25) is 5.02 Å². The van der Waals surface area contributed by atoms with E-state index in [4.69, 9.17) is 31.9 Å². The van der Waals surface area contributed by atoms with Gasteiger partial charge < -0.3 is 20.3 Å². The van der Waals surface area contributed by atoms with E-state index in [2.05, 4.69) is 0 Å². The van der Waals surface area contributed by atoms with Gasteiger partial charge in [0.1, 0.15) is 0 Å². The summed E-state index contributed by atoms with van der Waals surface area (Å²) in [6.07, 6.45) is 0. The molecule has 0 bridgehead atoms. The Kier molecular flexibility index (Phi) is 4.41. The monoisotopic (exact) mass is 245 g/mol. The lowest BCUT2D eigenvalue weighted by Crippen LogP contribution is -2.17. The number of hydrogen-bond acceptors (Lipinski definition) is 4. The molecule has 1 atom stereocenters. The number of ether oxygens (including phenoxy) is 2. The molecule has 4 nitrogen and oxygen atoms in total. The van der Waals surface area contributed by atoms with Crippen LogP contribution in [0.5, 0.6) is 11.5 Å². The summed E-state index contributed by atoms with van der Waals surface area (Å²) in [4.78, 5) is 0. The molecule has 0 saturated carbocycles. The largest absolute Gasteiger partial charge is 0.493 e. The molecule has 0 aliphatic rings. The lowest BCUT2D eigenvalue weighted by atomic mass is 10.0. The first-order chi connectivity index (χ1) is 7.56. The summed E-state index contributed by atoms with van der Waals surface area (Å²) in [5.74, 6) is 1.14. The predicted molar refractivity (Wildman–Crippen MR) is 63.3 cm³/mol. The minimum Gasteiger partial charge on any atom is -0.493 e. The highest BCUT2D eigenvalue weighted by molar-refractivity contribution is 6.31. The van der Waals surface area contributed by atoms with Gasteiger partial charge in [0.2, 0.25) is 0 Å². The Balaban J connectivity index is 3.40. The molecule has 0 heterocycles. The van der Waals surface area contributed by atoms with Gasteiger partial charge >= 0.3 is 0 Å². The number of halogens is 1. The molecule has 1 rings (SSSR count). The minimum atomic E-state index is -0.521. The van der Waals surface area contributed by atoms with E-state index in [0.29, 0.717) is 22.1 Å². The van der Waals surface area contributed by atoms with Crippen LogP contribution in [-0.2, 0) is 0 Å². The molecular weight excluding hydrogens is 230 g/mol. The van der Waals surface area contributed by atoms with Crippen molar-refractivity contribution < 1.29 is 14.6 Å². The second kappa shape index (κ2) is 5.39. The van der Waals surface area contributed by atoms with Crippen LogP contribution in [0.3, 0.4) is 0 Å². The number of aliphatic hydroxyl groups excluding tert-OH is 1. The molecule has 0 radical (unpaired) electrons. The summed E-state index contributed by atoms with van der Waals surface area (Å²) in [5, 5.41) is 9.54. The summed E-state index contributed by atoms with van der Waals surface area (Å²) in [6, 6.07) is 1.12. The van der Waals surface area contributed by atoms with E-state index < -0.39 is 6.04 Å². The Bertz CT molecular complexity index is 382. The molecule has 0 aliphatic carbocycles. The van der Waals surface area contributed by atoms with Crippen molar-refractivity contribution in [1.29, 1.82) is 0 Å². The Morgan fingerprint density at radius 2 is 2.06 bits per heavy atom. The molecule has 90 valence electrons. The van der Waals surface area contributed by atoms with E-state index in [-0.39, 0.29) is 6.61 Å². The Labute approximate surface area is 99.9 Å². The standard InChI is InChI=1S/C11H16ClNO3/c1-6-10(8(13)5-14)7(12)4-9(15-2)11(6)16-3/h4,8,14H,5,13H2,1-3H3. The van der Waals surface area contributed by atoms with Crippen molar-refractivity contribution >= 4 is 11.6 Å². The number of rotatable bonds is 4. The van der Waals surface area contributed by atoms with Crippen molar-refractivity contribution in [2.75, 3.05) is 20.8 Å². The topological polar surface area (TPSA) is 64.7 Å². The second-order valence-electron chi connectivity index (χ2n) is 3.42. The van der Waals surface area contributed by atoms with Crippen molar-refractivity contribution in [3.63, 3.8) is 0 Å². The highest BCUT2D eigenvalue weighted by Crippen LogP contribution is 2.39. The summed E-state index contributed by atoms with van der Waals surface area (Å²) < 4.78 is 10.4. The maximum absolute atomic E-state index is 9.07. The molecule has 0 saturated heterocycles. The van der Waals surface area contributed by atoms with Gasteiger partial charge in [-0.25, -0.2) is 0 Å². The molecule has 0 fully saturated rings. The van der Waals surface area contributed by atoms with Crippen LogP contribution in [-0.4, -0.2) is 25.9 Å². The SMILES string of the molecule is COc1cc(Cl)c(C(N)CO)c(C)c1OC. The molecule has 1 aromatic rings. The fourth-order valence-corrected chi connectivity index (χ4v) is 2.08. The first-order valence-electron chi connectivity index (χ1n) is 4.84. The molecule has 3 N–H and O–H groups in total. The predicted octanol–water partition coefficient (Wildman–Crippen LogP) is 1.66. The lowest BCUT2D eigenvalue weighted by Gasteiger charge is -2.19. The smallest absolute Gasteiger partial charge is 0.164 e. The Morgan fingerprint density at radius 3 is 2.50 bits per heavy atom. The van der Waals surface area contributed by atoms with Gasteiger partial charge in [0.05, 0.1) is 26.9 Å². The number of aliphatic hydroxyl groups is 1. The van der Waals surface area contributed by atoms with Crippen LogP contribution in [0, 0.1) is 6.92 Å². The van der Waals surface area contributed by atoms with Crippen LogP contribution in [0.1, 0.15) is 17.2 Å². The zero-order valence-electron chi connectivity index (χ0n) is 9.58. The van der Waals surface area contributed by atoms with Gasteiger partial charge in [-0.2, -0.15) is 0 Å². The Morgan fingerprint density at radius 1 is 1.44 bits per heavy atom. The number of hydrogen-bond donors (Lipinski definition) is 2. The molecule has 0 spiro atoms. The highest BCUT2D eigenvalue weighted by atomic mass is 35.5. The number of benzene rings is 1. The maximum atomic E-state index is 9.07. The normalized spacial score (nSPS) is 12.4. The molecule has 5 heteroatoms. The van der Waals surface area contributed by atoms with Crippen molar-refractivity contribution in [3.8, 4) is 11.5 Å². The van der Waals surface area contributed by atoms with E-state index in [1.807, 2.05) is 6.92 Å². The van der Waals surface area contributed by atoms with Crippen LogP contribution in [0.25, 0.3) is 0 Å². The fourth-order valence-electron chi connectivity index (χ4n) is 1.70. The number of nitrogens with two attached hydrogens (primary N) is 1. The first kappa shape index (κ1) is 13.1. The highest BCUT2D eigenvalue weighted by Gasteiger charge is 2.19. The van der Waals surface area contributed by atoms with E-state index in [1.165, 1.54) is 0 Å². The van der Waals surface area contributed by atoms with E-state index in [0.717, 1.165) is 5.56 Å². The second-order valence-corrected chi connectivity index (χ2v) is 3.83. The third-order valence-corrected chi connectivity index (χ3v) is 2.79. The quantitative estimate of drug-likeness (QED) is 0.847. The molecule has 1 aromatic carbocycles. The summed E-state index contributed by atoms with van der Waals surface area (Å²) in [7, 11) is 3.09. The molecule has 1 unspecified atom stereocenters. The van der Waals surface area contributed by atoms with E-state index in [1.54, 1.807) is 20.3 Å². The summed E-state index contributed by atoms with van der Waals surface area (Å²) >= 11 is 6.09.